The van der Waals surface area contributed by atoms with Crippen molar-refractivity contribution in [3.8, 4) is 0 Å². The molecule has 0 saturated carbocycles. The van der Waals surface area contributed by atoms with Crippen molar-refractivity contribution in [2.45, 2.75) is 0 Å². The second-order valence-electron chi connectivity index (χ2n) is 2.57. The van der Waals surface area contributed by atoms with E-state index in [4.69, 9.17) is 38.8 Å². The molecule has 0 aliphatic rings. The van der Waals surface area contributed by atoms with Crippen molar-refractivity contribution in [3.05, 3.63) is 37.4 Å². The normalized spacial score (nSPS) is 10.1. The maximum atomic E-state index is 9.56. The third-order valence-electron chi connectivity index (χ3n) is 0.812. The van der Waals surface area contributed by atoms with E-state index in [1.165, 1.54) is 0 Å². The molecule has 0 amide bonds. The van der Waals surface area contributed by atoms with Gasteiger partial charge in [-0.3, -0.25) is 4.21 Å². The van der Waals surface area contributed by atoms with E-state index < -0.39 is 21.6 Å². The molecule has 0 spiro atoms. The summed E-state index contributed by atoms with van der Waals surface area (Å²) in [5.41, 5.74) is 0. The zero-order chi connectivity index (χ0) is 15.1. The van der Waals surface area contributed by atoms with Crippen LogP contribution in [0.3, 0.4) is 0 Å². The van der Waals surface area contributed by atoms with Crippen LogP contribution in [-0.2, 0) is 21.6 Å². The molecule has 0 aromatic carbocycles. The van der Waals surface area contributed by atoms with E-state index in [0.29, 0.717) is 0 Å². The number of H-pyrrole nitrogens is 2. The van der Waals surface area contributed by atoms with Gasteiger partial charge < -0.3 is 9.97 Å². The minimum absolute atomic E-state index is 0.611. The summed E-state index contributed by atoms with van der Waals surface area (Å²) in [6.07, 6.45) is 13.4. The largest absolute Gasteiger partial charge is 0.351 e. The smallest absolute Gasteiger partial charge is 0.0919 e. The Morgan fingerprint density at radius 1 is 0.947 bits per heavy atom. The number of halogens is 4. The van der Waals surface area contributed by atoms with Gasteiger partial charge in [0, 0.05) is 48.1 Å². The van der Waals surface area contributed by atoms with E-state index >= 15 is 0 Å². The van der Waals surface area contributed by atoms with E-state index in [1.807, 2.05) is 0 Å². The van der Waals surface area contributed by atoms with Crippen LogP contribution in [0.25, 0.3) is 0 Å². The van der Waals surface area contributed by atoms with E-state index in [9.17, 15) is 4.21 Å². The summed E-state index contributed by atoms with van der Waals surface area (Å²) in [6.45, 7) is 0. The van der Waals surface area contributed by atoms with E-state index in [0.717, 1.165) is 0 Å². The zero-order valence-electron chi connectivity index (χ0n) is 10.0. The number of hydrogen-bond donors (Lipinski definition) is 2. The van der Waals surface area contributed by atoms with Crippen molar-refractivity contribution in [2.75, 3.05) is 12.5 Å². The average molecular weight is 457 g/mol. The van der Waals surface area contributed by atoms with Crippen LogP contribution in [0.5, 0.6) is 0 Å². The Balaban J connectivity index is 0. The van der Waals surface area contributed by atoms with Gasteiger partial charge in [-0.15, -0.1) is 0 Å². The van der Waals surface area contributed by atoms with Crippen LogP contribution in [0.1, 0.15) is 0 Å². The number of hydrogen-bond acceptors (Lipinski definition) is 3. The SMILES string of the molecule is CS(C)=O.[Cl][Ru]([Cl])([Cl])[Cl].c1c[nH]cn1.c1c[nH]cn1. The number of nitrogens with zero attached hydrogens (tertiary/aromatic N) is 2. The summed E-state index contributed by atoms with van der Waals surface area (Å²) in [5.74, 6) is 0. The fraction of sp³-hybridized carbons (Fsp3) is 0.250. The van der Waals surface area contributed by atoms with Crippen molar-refractivity contribution in [1.29, 1.82) is 0 Å². The minimum Gasteiger partial charge on any atom is -0.351 e. The maximum absolute atomic E-state index is 9.56. The monoisotopic (exact) mass is 456 g/mol. The maximum Gasteiger partial charge on any atom is 0.0919 e. The molecule has 19 heavy (non-hydrogen) atoms. The van der Waals surface area contributed by atoms with Crippen LogP contribution in [-0.4, -0.2) is 36.7 Å². The Kier molecular flexibility index (Phi) is 16.8. The number of rotatable bonds is 0. The third kappa shape index (κ3) is 45.8. The molecule has 0 saturated heterocycles. The Hall–Kier alpha value is 0.353. The molecule has 0 bridgehead atoms. The van der Waals surface area contributed by atoms with Crippen molar-refractivity contribution in [3.63, 3.8) is 0 Å². The fourth-order valence-electron chi connectivity index (χ4n) is 0.430. The van der Waals surface area contributed by atoms with Gasteiger partial charge >= 0.3 is 49.6 Å². The Bertz CT molecular complexity index is 311. The zero-order valence-corrected chi connectivity index (χ0v) is 15.6. The van der Waals surface area contributed by atoms with Gasteiger partial charge in [-0.25, -0.2) is 9.97 Å². The van der Waals surface area contributed by atoms with Gasteiger partial charge in [0.1, 0.15) is 0 Å². The van der Waals surface area contributed by atoms with E-state index in [2.05, 4.69) is 19.9 Å². The van der Waals surface area contributed by atoms with Gasteiger partial charge in [-0.05, 0) is 0 Å². The van der Waals surface area contributed by atoms with Gasteiger partial charge in [-0.1, -0.05) is 0 Å². The Labute approximate surface area is 133 Å². The molecule has 0 atom stereocenters. The van der Waals surface area contributed by atoms with Gasteiger partial charge in [0.25, 0.3) is 0 Å². The summed E-state index contributed by atoms with van der Waals surface area (Å²) >= 11 is 0. The molecular formula is C8H14Cl4N4ORuS. The molecule has 0 unspecified atom stereocenters. The molecule has 2 heterocycles. The second kappa shape index (κ2) is 14.8. The van der Waals surface area contributed by atoms with Crippen molar-refractivity contribution in [1.82, 2.24) is 19.9 Å². The molecule has 5 nitrogen and oxygen atoms in total. The van der Waals surface area contributed by atoms with Crippen LogP contribution in [0.2, 0.25) is 0 Å². The molecule has 0 aliphatic carbocycles. The molecular weight excluding hydrogens is 443 g/mol. The van der Waals surface area contributed by atoms with Crippen LogP contribution in [0.15, 0.2) is 37.4 Å². The number of nitrogens with one attached hydrogen (secondary N) is 2. The Morgan fingerprint density at radius 3 is 1.26 bits per heavy atom. The van der Waals surface area contributed by atoms with Crippen LogP contribution < -0.4 is 0 Å². The molecule has 114 valence electrons. The third-order valence-corrected chi connectivity index (χ3v) is 0.812. The van der Waals surface area contributed by atoms with Crippen LogP contribution in [0, 0.1) is 0 Å². The average Bonchev–Trinajstić information content (AvgIpc) is 2.94. The molecule has 2 rings (SSSR count). The first-order valence-corrected chi connectivity index (χ1v) is 15.3. The van der Waals surface area contributed by atoms with Crippen molar-refractivity contribution < 1.29 is 15.0 Å². The predicted octanol–water partition coefficient (Wildman–Crippen LogP) is 3.57. The molecule has 0 fully saturated rings. The quantitative estimate of drug-likeness (QED) is 0.595. The number of aromatic amines is 2. The van der Waals surface area contributed by atoms with Crippen LogP contribution in [0.4, 0.5) is 0 Å². The minimum atomic E-state index is -2.97. The molecule has 0 aliphatic heterocycles. The van der Waals surface area contributed by atoms with Gasteiger partial charge in [0.05, 0.1) is 12.7 Å². The first kappa shape index (κ1) is 21.6. The summed E-state index contributed by atoms with van der Waals surface area (Å²) in [6, 6.07) is 0. The first-order chi connectivity index (χ1) is 8.73. The number of imidazole rings is 2. The molecule has 2 aromatic rings. The second-order valence-corrected chi connectivity index (χ2v) is 19.9. The van der Waals surface area contributed by atoms with Crippen molar-refractivity contribution >= 4 is 49.6 Å². The molecule has 0 radical (unpaired) electrons. The predicted molar refractivity (Wildman–Crippen MR) is 80.6 cm³/mol. The molecule has 2 N–H and O–H groups in total. The topological polar surface area (TPSA) is 74.4 Å². The Morgan fingerprint density at radius 2 is 1.21 bits per heavy atom. The number of aromatic nitrogens is 4. The molecule has 11 heteroatoms. The fourth-order valence-corrected chi connectivity index (χ4v) is 0.430. The van der Waals surface area contributed by atoms with Gasteiger partial charge in [0.2, 0.25) is 0 Å². The van der Waals surface area contributed by atoms with E-state index in [-0.39, 0.29) is 0 Å². The van der Waals surface area contributed by atoms with Crippen LogP contribution >= 0.6 is 38.8 Å². The first-order valence-electron chi connectivity index (χ1n) is 4.37. The van der Waals surface area contributed by atoms with Crippen molar-refractivity contribution in [2.24, 2.45) is 0 Å². The standard InChI is InChI=1S/2C3H4N2.C2H6OS.4ClH.Ru/c2*1-2-5-3-4-1;1-4(2)3;;;;;/h2*1-3H,(H,4,5);1-2H3;4*1H;/q;;;;;;;+4/p-4. The summed E-state index contributed by atoms with van der Waals surface area (Å²) in [5, 5.41) is 0. The summed E-state index contributed by atoms with van der Waals surface area (Å²) in [4.78, 5) is 12.8. The summed E-state index contributed by atoms with van der Waals surface area (Å²) in [7, 11) is 16.4. The summed E-state index contributed by atoms with van der Waals surface area (Å²) < 4.78 is 9.56. The van der Waals surface area contributed by atoms with Gasteiger partial charge in [0.15, 0.2) is 0 Å². The molecule has 2 aromatic heterocycles. The van der Waals surface area contributed by atoms with Gasteiger partial charge in [-0.2, -0.15) is 0 Å². The van der Waals surface area contributed by atoms with E-state index in [1.54, 1.807) is 50.0 Å².